The summed E-state index contributed by atoms with van der Waals surface area (Å²) in [6, 6.07) is 1.87. The Morgan fingerprint density at radius 3 is 2.92 bits per heavy atom. The van der Waals surface area contributed by atoms with Crippen LogP contribution in [-0.2, 0) is 6.42 Å². The van der Waals surface area contributed by atoms with Crippen molar-refractivity contribution in [3.63, 3.8) is 0 Å². The fourth-order valence-electron chi connectivity index (χ4n) is 1.58. The fraction of sp³-hybridized carbons (Fsp3) is 0.545. The van der Waals surface area contributed by atoms with Gasteiger partial charge in [0.2, 0.25) is 0 Å². The molecule has 72 valence electrons. The van der Waals surface area contributed by atoms with E-state index >= 15 is 0 Å². The van der Waals surface area contributed by atoms with E-state index in [1.807, 2.05) is 12.3 Å². The summed E-state index contributed by atoms with van der Waals surface area (Å²) < 4.78 is 0. The van der Waals surface area contributed by atoms with Gasteiger partial charge in [-0.3, -0.25) is 4.98 Å². The molecular formula is C11H18N2. The van der Waals surface area contributed by atoms with Crippen LogP contribution in [-0.4, -0.2) is 4.98 Å². The molecule has 2 N–H and O–H groups in total. The lowest BCUT2D eigenvalue weighted by Crippen LogP contribution is -2.02. The molecule has 1 heterocycles. The Kier molecular flexibility index (Phi) is 3.74. The van der Waals surface area contributed by atoms with Crippen LogP contribution in [0.5, 0.6) is 0 Å². The zero-order valence-electron chi connectivity index (χ0n) is 8.46. The van der Waals surface area contributed by atoms with E-state index in [9.17, 15) is 0 Å². The van der Waals surface area contributed by atoms with E-state index in [1.165, 1.54) is 18.4 Å². The smallest absolute Gasteiger partial charge is 0.0377 e. The Hall–Kier alpha value is -1.05. The third-order valence-corrected chi connectivity index (χ3v) is 2.29. The lowest BCUT2D eigenvalue weighted by Gasteiger charge is -2.10. The van der Waals surface area contributed by atoms with Gasteiger partial charge in [0.15, 0.2) is 0 Å². The van der Waals surface area contributed by atoms with Crippen molar-refractivity contribution < 1.29 is 0 Å². The van der Waals surface area contributed by atoms with Gasteiger partial charge in [-0.1, -0.05) is 26.7 Å². The first-order valence-corrected chi connectivity index (χ1v) is 4.92. The molecule has 2 heteroatoms. The zero-order chi connectivity index (χ0) is 9.68. The second-order valence-corrected chi connectivity index (χ2v) is 3.67. The highest BCUT2D eigenvalue weighted by Crippen LogP contribution is 2.17. The fourth-order valence-corrected chi connectivity index (χ4v) is 1.58. The molecule has 0 radical (unpaired) electrons. The van der Waals surface area contributed by atoms with Gasteiger partial charge in [-0.05, 0) is 24.0 Å². The van der Waals surface area contributed by atoms with E-state index in [0.717, 1.165) is 12.1 Å². The van der Waals surface area contributed by atoms with Crippen molar-refractivity contribution in [1.82, 2.24) is 4.98 Å². The summed E-state index contributed by atoms with van der Waals surface area (Å²) in [5.74, 6) is 0.705. The number of nitrogen functional groups attached to an aromatic ring is 1. The first kappa shape index (κ1) is 10.0. The highest BCUT2D eigenvalue weighted by Gasteiger charge is 2.04. The number of hydrogen-bond donors (Lipinski definition) is 1. The van der Waals surface area contributed by atoms with Crippen LogP contribution >= 0.6 is 0 Å². The molecule has 1 aromatic heterocycles. The summed E-state index contributed by atoms with van der Waals surface area (Å²) in [5, 5.41) is 0. The molecule has 0 aromatic carbocycles. The third kappa shape index (κ3) is 3.05. The van der Waals surface area contributed by atoms with Crippen LogP contribution in [0.2, 0.25) is 0 Å². The number of rotatable bonds is 4. The number of aromatic nitrogens is 1. The highest BCUT2D eigenvalue weighted by molar-refractivity contribution is 5.44. The van der Waals surface area contributed by atoms with Crippen molar-refractivity contribution >= 4 is 5.69 Å². The monoisotopic (exact) mass is 178 g/mol. The average molecular weight is 178 g/mol. The van der Waals surface area contributed by atoms with Crippen LogP contribution in [0, 0.1) is 5.92 Å². The molecule has 13 heavy (non-hydrogen) atoms. The molecule has 1 rings (SSSR count). The maximum absolute atomic E-state index is 5.83. The van der Waals surface area contributed by atoms with E-state index < -0.39 is 0 Å². The van der Waals surface area contributed by atoms with Crippen LogP contribution in [0.15, 0.2) is 18.5 Å². The Balaban J connectivity index is 2.58. The molecule has 0 fully saturated rings. The molecule has 1 atom stereocenters. The standard InChI is InChI=1S/C11H18N2/c1-3-4-9(2)7-10-8-13-6-5-11(10)12/h5-6,8-9H,3-4,7H2,1-2H3,(H2,12,13). The lowest BCUT2D eigenvalue weighted by molar-refractivity contribution is 0.522. The largest absolute Gasteiger partial charge is 0.398 e. The molecule has 2 nitrogen and oxygen atoms in total. The molecule has 0 aliphatic carbocycles. The SMILES string of the molecule is CCCC(C)Cc1cnccc1N. The minimum absolute atomic E-state index is 0.705. The van der Waals surface area contributed by atoms with Gasteiger partial charge in [0.1, 0.15) is 0 Å². The number of nitrogens with zero attached hydrogens (tertiary/aromatic N) is 1. The van der Waals surface area contributed by atoms with Crippen LogP contribution in [0.25, 0.3) is 0 Å². The number of nitrogens with two attached hydrogens (primary N) is 1. The average Bonchev–Trinajstić information content (AvgIpc) is 2.09. The van der Waals surface area contributed by atoms with Crippen molar-refractivity contribution in [2.45, 2.75) is 33.1 Å². The van der Waals surface area contributed by atoms with Crippen LogP contribution in [0.4, 0.5) is 5.69 Å². The number of anilines is 1. The Labute approximate surface area is 80.2 Å². The second-order valence-electron chi connectivity index (χ2n) is 3.67. The summed E-state index contributed by atoms with van der Waals surface area (Å²) in [6.45, 7) is 4.47. The van der Waals surface area contributed by atoms with E-state index in [0.29, 0.717) is 5.92 Å². The first-order chi connectivity index (χ1) is 6.24. The molecule has 0 spiro atoms. The second kappa shape index (κ2) is 4.85. The van der Waals surface area contributed by atoms with Crippen LogP contribution in [0.1, 0.15) is 32.3 Å². The van der Waals surface area contributed by atoms with Gasteiger partial charge in [0, 0.05) is 18.1 Å². The minimum Gasteiger partial charge on any atom is -0.398 e. The van der Waals surface area contributed by atoms with Crippen LogP contribution in [0.3, 0.4) is 0 Å². The van der Waals surface area contributed by atoms with Crippen LogP contribution < -0.4 is 5.73 Å². The topological polar surface area (TPSA) is 38.9 Å². The van der Waals surface area contributed by atoms with Crippen molar-refractivity contribution in [3.8, 4) is 0 Å². The highest BCUT2D eigenvalue weighted by atomic mass is 14.7. The van der Waals surface area contributed by atoms with Gasteiger partial charge < -0.3 is 5.73 Å². The summed E-state index contributed by atoms with van der Waals surface area (Å²) in [7, 11) is 0. The van der Waals surface area contributed by atoms with Crippen molar-refractivity contribution in [3.05, 3.63) is 24.0 Å². The minimum atomic E-state index is 0.705. The summed E-state index contributed by atoms with van der Waals surface area (Å²) in [5.41, 5.74) is 7.88. The zero-order valence-corrected chi connectivity index (χ0v) is 8.46. The Morgan fingerprint density at radius 2 is 2.31 bits per heavy atom. The Morgan fingerprint density at radius 1 is 1.54 bits per heavy atom. The van der Waals surface area contributed by atoms with Crippen molar-refractivity contribution in [2.24, 2.45) is 5.92 Å². The predicted molar refractivity (Wildman–Crippen MR) is 56.4 cm³/mol. The summed E-state index contributed by atoms with van der Waals surface area (Å²) >= 11 is 0. The lowest BCUT2D eigenvalue weighted by atomic mass is 9.97. The third-order valence-electron chi connectivity index (χ3n) is 2.29. The summed E-state index contributed by atoms with van der Waals surface area (Å²) in [4.78, 5) is 4.08. The normalized spacial score (nSPS) is 12.8. The molecule has 1 aromatic rings. The van der Waals surface area contributed by atoms with Crippen molar-refractivity contribution in [1.29, 1.82) is 0 Å². The van der Waals surface area contributed by atoms with Gasteiger partial charge in [-0.2, -0.15) is 0 Å². The van der Waals surface area contributed by atoms with Gasteiger partial charge >= 0.3 is 0 Å². The maximum atomic E-state index is 5.83. The van der Waals surface area contributed by atoms with E-state index in [1.54, 1.807) is 6.20 Å². The van der Waals surface area contributed by atoms with Gasteiger partial charge in [-0.15, -0.1) is 0 Å². The molecule has 0 saturated heterocycles. The molecule has 0 amide bonds. The van der Waals surface area contributed by atoms with E-state index in [4.69, 9.17) is 5.73 Å². The number of hydrogen-bond acceptors (Lipinski definition) is 2. The molecule has 0 aliphatic rings. The van der Waals surface area contributed by atoms with Gasteiger partial charge in [0.05, 0.1) is 0 Å². The number of pyridine rings is 1. The van der Waals surface area contributed by atoms with Gasteiger partial charge in [0.25, 0.3) is 0 Å². The molecule has 0 saturated carbocycles. The first-order valence-electron chi connectivity index (χ1n) is 4.92. The molecule has 0 aliphatic heterocycles. The molecule has 0 bridgehead atoms. The molecule has 1 unspecified atom stereocenters. The van der Waals surface area contributed by atoms with Gasteiger partial charge in [-0.25, -0.2) is 0 Å². The summed E-state index contributed by atoms with van der Waals surface area (Å²) in [6.07, 6.45) is 7.16. The maximum Gasteiger partial charge on any atom is 0.0377 e. The quantitative estimate of drug-likeness (QED) is 0.769. The van der Waals surface area contributed by atoms with E-state index in [2.05, 4.69) is 18.8 Å². The van der Waals surface area contributed by atoms with E-state index in [-0.39, 0.29) is 0 Å². The van der Waals surface area contributed by atoms with Crippen molar-refractivity contribution in [2.75, 3.05) is 5.73 Å². The predicted octanol–water partition coefficient (Wildman–Crippen LogP) is 2.64. The molecular weight excluding hydrogens is 160 g/mol. The Bertz CT molecular complexity index is 258.